The molecule has 2 fully saturated rings. The van der Waals surface area contributed by atoms with Gasteiger partial charge in [-0.2, -0.15) is 13.2 Å². The van der Waals surface area contributed by atoms with Gasteiger partial charge in [-0.05, 0) is 68.2 Å². The standard InChI is InChI=1S/C29H37F3N4O3/c1-38-14-11-28(27(37)35-12-9-25-22(18-35)15-23(17-33-25)29(30,31)32)10-13-36(19-28)24-6-3-20(4-7-24)21-5-8-26(39-2)34-16-21/h5,8,15-17,20,24H,3-4,6-7,9-14,18-19H2,1-2H3/t20?,24?,28-/m0/s1. The molecule has 2 aromatic heterocycles. The van der Waals surface area contributed by atoms with E-state index < -0.39 is 17.2 Å². The lowest BCUT2D eigenvalue weighted by atomic mass is 9.80. The van der Waals surface area contributed by atoms with Gasteiger partial charge < -0.3 is 14.4 Å². The molecule has 0 bridgehead atoms. The number of amides is 1. The minimum absolute atomic E-state index is 0.0307. The van der Waals surface area contributed by atoms with Gasteiger partial charge in [0.05, 0.1) is 18.1 Å². The van der Waals surface area contributed by atoms with Crippen molar-refractivity contribution < 1.29 is 27.4 Å². The van der Waals surface area contributed by atoms with E-state index in [1.165, 1.54) is 5.56 Å². The molecule has 0 spiro atoms. The molecule has 2 aliphatic heterocycles. The molecule has 2 aromatic rings. The molecule has 1 amide bonds. The number of methoxy groups -OCH3 is 2. The molecule has 7 nitrogen and oxygen atoms in total. The van der Waals surface area contributed by atoms with Crippen molar-refractivity contribution in [3.63, 3.8) is 0 Å². The quantitative estimate of drug-likeness (QED) is 0.495. The van der Waals surface area contributed by atoms with E-state index in [1.807, 2.05) is 12.3 Å². The third-order valence-electron chi connectivity index (χ3n) is 8.93. The lowest BCUT2D eigenvalue weighted by molar-refractivity contribution is -0.143. The summed E-state index contributed by atoms with van der Waals surface area (Å²) in [4.78, 5) is 26.7. The molecule has 212 valence electrons. The number of fused-ring (bicyclic) bond motifs is 1. The van der Waals surface area contributed by atoms with Gasteiger partial charge in [0.15, 0.2) is 0 Å². The Morgan fingerprint density at radius 1 is 1.10 bits per heavy atom. The third kappa shape index (κ3) is 5.91. The number of likely N-dealkylation sites (tertiary alicyclic amines) is 1. The average molecular weight is 547 g/mol. The van der Waals surface area contributed by atoms with E-state index in [0.717, 1.165) is 50.9 Å². The van der Waals surface area contributed by atoms with Crippen LogP contribution in [-0.4, -0.2) is 72.2 Å². The van der Waals surface area contributed by atoms with Gasteiger partial charge in [0.25, 0.3) is 0 Å². The molecule has 1 saturated carbocycles. The number of nitrogens with zero attached hydrogens (tertiary/aromatic N) is 4. The number of aromatic nitrogens is 2. The topological polar surface area (TPSA) is 67.8 Å². The van der Waals surface area contributed by atoms with Crippen LogP contribution in [0.5, 0.6) is 5.88 Å². The van der Waals surface area contributed by atoms with Gasteiger partial charge in [-0.3, -0.25) is 14.7 Å². The highest BCUT2D eigenvalue weighted by Crippen LogP contribution is 2.42. The van der Waals surface area contributed by atoms with E-state index in [9.17, 15) is 18.0 Å². The van der Waals surface area contributed by atoms with Crippen LogP contribution in [0.15, 0.2) is 30.6 Å². The van der Waals surface area contributed by atoms with Crippen molar-refractivity contribution in [3.8, 4) is 5.88 Å². The number of hydrogen-bond donors (Lipinski definition) is 0. The van der Waals surface area contributed by atoms with Crippen molar-refractivity contribution in [1.29, 1.82) is 0 Å². The summed E-state index contributed by atoms with van der Waals surface area (Å²) in [5.41, 5.74) is 1.04. The maximum Gasteiger partial charge on any atom is 0.417 e. The second-order valence-corrected chi connectivity index (χ2v) is 11.2. The summed E-state index contributed by atoms with van der Waals surface area (Å²) < 4.78 is 50.4. The second kappa shape index (κ2) is 11.4. The first-order chi connectivity index (χ1) is 18.7. The molecule has 0 aromatic carbocycles. The Hall–Kier alpha value is -2.72. The largest absolute Gasteiger partial charge is 0.481 e. The zero-order valence-electron chi connectivity index (χ0n) is 22.7. The third-order valence-corrected chi connectivity index (χ3v) is 8.93. The van der Waals surface area contributed by atoms with Crippen molar-refractivity contribution in [2.24, 2.45) is 5.41 Å². The van der Waals surface area contributed by atoms with Gasteiger partial charge in [-0.15, -0.1) is 0 Å². The number of rotatable bonds is 7. The van der Waals surface area contributed by atoms with E-state index in [2.05, 4.69) is 20.9 Å². The van der Waals surface area contributed by atoms with Crippen molar-refractivity contribution in [3.05, 3.63) is 53.0 Å². The number of carbonyl (C=O) groups excluding carboxylic acids is 1. The maximum atomic E-state index is 14.0. The van der Waals surface area contributed by atoms with Gasteiger partial charge in [-0.1, -0.05) is 6.07 Å². The van der Waals surface area contributed by atoms with Gasteiger partial charge >= 0.3 is 6.18 Å². The monoisotopic (exact) mass is 546 g/mol. The summed E-state index contributed by atoms with van der Waals surface area (Å²) in [6.07, 6.45) is 4.44. The lowest BCUT2D eigenvalue weighted by Crippen LogP contribution is -2.49. The van der Waals surface area contributed by atoms with E-state index in [-0.39, 0.29) is 12.5 Å². The van der Waals surface area contributed by atoms with Crippen molar-refractivity contribution in [2.45, 2.75) is 69.6 Å². The van der Waals surface area contributed by atoms with Crippen LogP contribution < -0.4 is 4.74 Å². The molecular formula is C29H37F3N4O3. The number of halogens is 3. The zero-order valence-corrected chi connectivity index (χ0v) is 22.7. The summed E-state index contributed by atoms with van der Waals surface area (Å²) in [7, 11) is 3.26. The Morgan fingerprint density at radius 3 is 2.56 bits per heavy atom. The van der Waals surface area contributed by atoms with Crippen molar-refractivity contribution in [2.75, 3.05) is 40.5 Å². The Labute approximate surface area is 227 Å². The van der Waals surface area contributed by atoms with Crippen LogP contribution in [0.1, 0.15) is 66.8 Å². The highest BCUT2D eigenvalue weighted by atomic mass is 19.4. The van der Waals surface area contributed by atoms with E-state index in [1.54, 1.807) is 19.1 Å². The van der Waals surface area contributed by atoms with E-state index in [0.29, 0.717) is 61.6 Å². The fraction of sp³-hybridized carbons (Fsp3) is 0.621. The zero-order chi connectivity index (χ0) is 27.6. The first-order valence-corrected chi connectivity index (χ1v) is 13.8. The Morgan fingerprint density at radius 2 is 1.90 bits per heavy atom. The number of carbonyl (C=O) groups is 1. The van der Waals surface area contributed by atoms with Crippen LogP contribution in [0, 0.1) is 5.41 Å². The smallest absolute Gasteiger partial charge is 0.417 e. The van der Waals surface area contributed by atoms with Crippen LogP contribution in [0.3, 0.4) is 0 Å². The normalized spacial score (nSPS) is 25.9. The molecule has 3 aliphatic rings. The molecule has 0 unspecified atom stereocenters. The predicted octanol–water partition coefficient (Wildman–Crippen LogP) is 4.84. The Kier molecular flexibility index (Phi) is 8.14. The molecule has 0 radical (unpaired) electrons. The molecule has 39 heavy (non-hydrogen) atoms. The summed E-state index contributed by atoms with van der Waals surface area (Å²) in [6, 6.07) is 5.59. The van der Waals surface area contributed by atoms with Crippen LogP contribution >= 0.6 is 0 Å². The highest BCUT2D eigenvalue weighted by molar-refractivity contribution is 5.83. The SMILES string of the molecule is COCC[C@@]1(C(=O)N2CCc3ncc(C(F)(F)F)cc3C2)CCN(C2CCC(c3ccc(OC)nc3)CC2)C1. The van der Waals surface area contributed by atoms with Gasteiger partial charge in [0.2, 0.25) is 11.8 Å². The van der Waals surface area contributed by atoms with Crippen molar-refractivity contribution in [1.82, 2.24) is 19.8 Å². The molecule has 1 atom stereocenters. The molecule has 10 heteroatoms. The minimum Gasteiger partial charge on any atom is -0.481 e. The molecule has 1 aliphatic carbocycles. The molecular weight excluding hydrogens is 509 g/mol. The number of pyridine rings is 2. The Bertz CT molecular complexity index is 1150. The summed E-state index contributed by atoms with van der Waals surface area (Å²) in [5.74, 6) is 1.13. The van der Waals surface area contributed by atoms with E-state index >= 15 is 0 Å². The maximum absolute atomic E-state index is 14.0. The molecule has 5 rings (SSSR count). The highest BCUT2D eigenvalue weighted by Gasteiger charge is 2.48. The fourth-order valence-corrected chi connectivity index (χ4v) is 6.62. The molecule has 0 N–H and O–H groups in total. The molecule has 1 saturated heterocycles. The number of hydrogen-bond acceptors (Lipinski definition) is 6. The lowest BCUT2D eigenvalue weighted by Gasteiger charge is -2.39. The molecule has 4 heterocycles. The van der Waals surface area contributed by atoms with Crippen LogP contribution in [0.4, 0.5) is 13.2 Å². The number of ether oxygens (including phenoxy) is 2. The number of alkyl halides is 3. The average Bonchev–Trinajstić information content (AvgIpc) is 3.40. The minimum atomic E-state index is -4.46. The second-order valence-electron chi connectivity index (χ2n) is 11.2. The first kappa shape index (κ1) is 27.8. The van der Waals surface area contributed by atoms with Gasteiger partial charge in [0.1, 0.15) is 0 Å². The van der Waals surface area contributed by atoms with Gasteiger partial charge in [-0.25, -0.2) is 4.98 Å². The van der Waals surface area contributed by atoms with E-state index in [4.69, 9.17) is 9.47 Å². The van der Waals surface area contributed by atoms with Gasteiger partial charge in [0, 0.05) is 70.0 Å². The van der Waals surface area contributed by atoms with Crippen molar-refractivity contribution >= 4 is 5.91 Å². The summed E-state index contributed by atoms with van der Waals surface area (Å²) >= 11 is 0. The first-order valence-electron chi connectivity index (χ1n) is 13.8. The summed E-state index contributed by atoms with van der Waals surface area (Å²) in [5, 5.41) is 0. The van der Waals surface area contributed by atoms with Crippen LogP contribution in [0.2, 0.25) is 0 Å². The van der Waals surface area contributed by atoms with Crippen LogP contribution in [0.25, 0.3) is 0 Å². The predicted molar refractivity (Wildman–Crippen MR) is 139 cm³/mol. The van der Waals surface area contributed by atoms with Crippen LogP contribution in [-0.2, 0) is 28.7 Å². The summed E-state index contributed by atoms with van der Waals surface area (Å²) in [6.45, 7) is 2.62. The fourth-order valence-electron chi connectivity index (χ4n) is 6.62. The Balaban J connectivity index is 1.25.